The zero-order chi connectivity index (χ0) is 11.5. The highest BCUT2D eigenvalue weighted by Gasteiger charge is 2.14. The Hall–Kier alpha value is -1.15. The Labute approximate surface area is 100 Å². The number of hydrogen-bond donors (Lipinski definition) is 0. The minimum atomic E-state index is 0.179. The van der Waals surface area contributed by atoms with Crippen molar-refractivity contribution in [2.24, 2.45) is 5.92 Å². The molecule has 1 unspecified atom stereocenters. The molecule has 1 aromatic heterocycles. The molecule has 2 heteroatoms. The van der Waals surface area contributed by atoms with Gasteiger partial charge in [0, 0.05) is 10.6 Å². The van der Waals surface area contributed by atoms with Crippen molar-refractivity contribution in [3.05, 3.63) is 35.2 Å². The van der Waals surface area contributed by atoms with Gasteiger partial charge in [0.15, 0.2) is 0 Å². The first-order chi connectivity index (χ1) is 7.72. The largest absolute Gasteiger partial charge is 0.300 e. The van der Waals surface area contributed by atoms with Crippen LogP contribution >= 0.6 is 11.3 Å². The number of hydrogen-bond acceptors (Lipinski definition) is 2. The number of carbonyl (C=O) groups excluding carboxylic acids is 1. The standard InChI is InChI=1S/C14H16OS/c1-3-11(10(2)15)8-12-9-16-14-7-5-4-6-13(12)14/h4-7,9,11H,3,8H2,1-2H3. The van der Waals surface area contributed by atoms with Crippen LogP contribution in [0.15, 0.2) is 29.6 Å². The molecule has 0 bridgehead atoms. The number of ketones is 1. The molecule has 0 spiro atoms. The zero-order valence-electron chi connectivity index (χ0n) is 9.69. The first kappa shape index (κ1) is 11.3. The Balaban J connectivity index is 2.30. The lowest BCUT2D eigenvalue weighted by Crippen LogP contribution is -2.12. The van der Waals surface area contributed by atoms with E-state index in [9.17, 15) is 4.79 Å². The van der Waals surface area contributed by atoms with Crippen LogP contribution < -0.4 is 0 Å². The molecule has 84 valence electrons. The summed E-state index contributed by atoms with van der Waals surface area (Å²) < 4.78 is 1.32. The van der Waals surface area contributed by atoms with E-state index in [2.05, 4.69) is 36.6 Å². The summed E-state index contributed by atoms with van der Waals surface area (Å²) in [4.78, 5) is 11.4. The Kier molecular flexibility index (Phi) is 3.39. The second kappa shape index (κ2) is 4.79. The summed E-state index contributed by atoms with van der Waals surface area (Å²) in [6, 6.07) is 8.41. The second-order valence-corrected chi connectivity index (χ2v) is 5.09. The van der Waals surface area contributed by atoms with Gasteiger partial charge in [-0.25, -0.2) is 0 Å². The second-order valence-electron chi connectivity index (χ2n) is 4.18. The van der Waals surface area contributed by atoms with E-state index in [0.717, 1.165) is 12.8 Å². The zero-order valence-corrected chi connectivity index (χ0v) is 10.5. The van der Waals surface area contributed by atoms with E-state index in [1.165, 1.54) is 15.6 Å². The average Bonchev–Trinajstić information content (AvgIpc) is 2.69. The van der Waals surface area contributed by atoms with Crippen molar-refractivity contribution in [3.63, 3.8) is 0 Å². The van der Waals surface area contributed by atoms with E-state index in [4.69, 9.17) is 0 Å². The molecule has 0 aliphatic carbocycles. The van der Waals surface area contributed by atoms with Gasteiger partial charge in [-0.1, -0.05) is 25.1 Å². The molecule has 0 radical (unpaired) electrons. The summed E-state index contributed by atoms with van der Waals surface area (Å²) in [5.41, 5.74) is 1.32. The average molecular weight is 232 g/mol. The van der Waals surface area contributed by atoms with Crippen LogP contribution in [0.25, 0.3) is 10.1 Å². The maximum atomic E-state index is 11.4. The van der Waals surface area contributed by atoms with Gasteiger partial charge in [0.2, 0.25) is 0 Å². The SMILES string of the molecule is CCC(Cc1csc2ccccc12)C(C)=O. The summed E-state index contributed by atoms with van der Waals surface area (Å²) in [5, 5.41) is 3.50. The number of fused-ring (bicyclic) bond motifs is 1. The summed E-state index contributed by atoms with van der Waals surface area (Å²) in [5.74, 6) is 0.482. The van der Waals surface area contributed by atoms with Gasteiger partial charge >= 0.3 is 0 Å². The number of Topliss-reactive ketones (excluding diaryl/α,β-unsaturated/α-hetero) is 1. The smallest absolute Gasteiger partial charge is 0.133 e. The first-order valence-electron chi connectivity index (χ1n) is 5.68. The molecule has 1 heterocycles. The van der Waals surface area contributed by atoms with Gasteiger partial charge in [0.05, 0.1) is 0 Å². The molecular formula is C14H16OS. The molecule has 0 N–H and O–H groups in total. The molecule has 0 saturated carbocycles. The minimum Gasteiger partial charge on any atom is -0.300 e. The highest BCUT2D eigenvalue weighted by Crippen LogP contribution is 2.28. The molecule has 1 nitrogen and oxygen atoms in total. The topological polar surface area (TPSA) is 17.1 Å². The van der Waals surface area contributed by atoms with E-state index in [0.29, 0.717) is 5.78 Å². The van der Waals surface area contributed by atoms with Gasteiger partial charge in [-0.15, -0.1) is 11.3 Å². The Morgan fingerprint density at radius 1 is 1.38 bits per heavy atom. The maximum Gasteiger partial charge on any atom is 0.133 e. The molecule has 0 saturated heterocycles. The molecule has 0 fully saturated rings. The van der Waals surface area contributed by atoms with Crippen LogP contribution in [0.1, 0.15) is 25.8 Å². The van der Waals surface area contributed by atoms with Crippen LogP contribution in [-0.4, -0.2) is 5.78 Å². The van der Waals surface area contributed by atoms with Crippen molar-refractivity contribution >= 4 is 27.2 Å². The van der Waals surface area contributed by atoms with Crippen LogP contribution in [0.4, 0.5) is 0 Å². The molecule has 2 rings (SSSR count). The lowest BCUT2D eigenvalue weighted by atomic mass is 9.93. The Morgan fingerprint density at radius 3 is 2.81 bits per heavy atom. The van der Waals surface area contributed by atoms with E-state index in [-0.39, 0.29) is 5.92 Å². The summed E-state index contributed by atoms with van der Waals surface area (Å²) in [7, 11) is 0. The fourth-order valence-electron chi connectivity index (χ4n) is 2.03. The number of thiophene rings is 1. The Morgan fingerprint density at radius 2 is 2.12 bits per heavy atom. The third-order valence-corrected chi connectivity index (χ3v) is 4.11. The van der Waals surface area contributed by atoms with Crippen LogP contribution in [-0.2, 0) is 11.2 Å². The normalized spacial score (nSPS) is 12.9. The van der Waals surface area contributed by atoms with Gasteiger partial charge in [-0.2, -0.15) is 0 Å². The first-order valence-corrected chi connectivity index (χ1v) is 6.56. The molecule has 0 aliphatic rings. The molecule has 16 heavy (non-hydrogen) atoms. The van der Waals surface area contributed by atoms with E-state index >= 15 is 0 Å². The summed E-state index contributed by atoms with van der Waals surface area (Å²) >= 11 is 1.77. The van der Waals surface area contributed by atoms with Gasteiger partial charge in [-0.3, -0.25) is 4.79 Å². The molecule has 1 aromatic carbocycles. The summed E-state index contributed by atoms with van der Waals surface area (Å²) in [6.07, 6.45) is 1.81. The minimum absolute atomic E-state index is 0.179. The van der Waals surface area contributed by atoms with Crippen molar-refractivity contribution in [2.75, 3.05) is 0 Å². The highest BCUT2D eigenvalue weighted by atomic mass is 32.1. The number of rotatable bonds is 4. The van der Waals surface area contributed by atoms with Gasteiger partial charge < -0.3 is 0 Å². The van der Waals surface area contributed by atoms with E-state index in [1.54, 1.807) is 18.3 Å². The van der Waals surface area contributed by atoms with Crippen molar-refractivity contribution in [2.45, 2.75) is 26.7 Å². The third kappa shape index (κ3) is 2.17. The van der Waals surface area contributed by atoms with Crippen molar-refractivity contribution in [3.8, 4) is 0 Å². The molecular weight excluding hydrogens is 216 g/mol. The van der Waals surface area contributed by atoms with E-state index < -0.39 is 0 Å². The fraction of sp³-hybridized carbons (Fsp3) is 0.357. The van der Waals surface area contributed by atoms with Crippen molar-refractivity contribution in [1.82, 2.24) is 0 Å². The van der Waals surface area contributed by atoms with Gasteiger partial charge in [0.25, 0.3) is 0 Å². The molecule has 0 aliphatic heterocycles. The van der Waals surface area contributed by atoms with E-state index in [1.807, 2.05) is 0 Å². The van der Waals surface area contributed by atoms with Gasteiger partial charge in [-0.05, 0) is 42.2 Å². The van der Waals surface area contributed by atoms with Gasteiger partial charge in [0.1, 0.15) is 5.78 Å². The maximum absolute atomic E-state index is 11.4. The molecule has 0 amide bonds. The molecule has 1 atom stereocenters. The lowest BCUT2D eigenvalue weighted by Gasteiger charge is -2.09. The van der Waals surface area contributed by atoms with Crippen molar-refractivity contribution < 1.29 is 4.79 Å². The Bertz CT molecular complexity index is 498. The number of benzene rings is 1. The monoisotopic (exact) mass is 232 g/mol. The molecule has 2 aromatic rings. The van der Waals surface area contributed by atoms with Crippen LogP contribution in [0, 0.1) is 5.92 Å². The highest BCUT2D eigenvalue weighted by molar-refractivity contribution is 7.17. The van der Waals surface area contributed by atoms with Crippen LogP contribution in [0.5, 0.6) is 0 Å². The van der Waals surface area contributed by atoms with Crippen LogP contribution in [0.3, 0.4) is 0 Å². The number of carbonyl (C=O) groups is 1. The quantitative estimate of drug-likeness (QED) is 0.777. The van der Waals surface area contributed by atoms with Crippen LogP contribution in [0.2, 0.25) is 0 Å². The summed E-state index contributed by atoms with van der Waals surface area (Å²) in [6.45, 7) is 3.78. The third-order valence-electron chi connectivity index (χ3n) is 3.10. The predicted molar refractivity (Wildman–Crippen MR) is 70.0 cm³/mol. The fourth-order valence-corrected chi connectivity index (χ4v) is 3.01. The predicted octanol–water partition coefficient (Wildman–Crippen LogP) is 4.06. The van der Waals surface area contributed by atoms with Crippen molar-refractivity contribution in [1.29, 1.82) is 0 Å². The lowest BCUT2D eigenvalue weighted by molar-refractivity contribution is -0.120.